The summed E-state index contributed by atoms with van der Waals surface area (Å²) >= 11 is 0. The van der Waals surface area contributed by atoms with Crippen LogP contribution in [0.3, 0.4) is 0 Å². The molecule has 0 saturated heterocycles. The first kappa shape index (κ1) is 17.9. The van der Waals surface area contributed by atoms with Crippen molar-refractivity contribution in [1.29, 1.82) is 0 Å². The summed E-state index contributed by atoms with van der Waals surface area (Å²) in [5.74, 6) is 0.459. The highest BCUT2D eigenvalue weighted by Crippen LogP contribution is 2.21. The SMILES string of the molecule is Cc1cncc(NC(=O)NC(CCO)c2ccc(C(C)C)cc2)c1. The monoisotopic (exact) mass is 327 g/mol. The van der Waals surface area contributed by atoms with Gasteiger partial charge in [-0.05, 0) is 42.0 Å². The molecule has 2 rings (SSSR count). The maximum atomic E-state index is 12.2. The normalized spacial score (nSPS) is 12.0. The minimum absolute atomic E-state index is 0.00286. The largest absolute Gasteiger partial charge is 0.396 e. The number of carbonyl (C=O) groups is 1. The molecule has 0 radical (unpaired) electrons. The van der Waals surface area contributed by atoms with Gasteiger partial charge in [-0.3, -0.25) is 4.98 Å². The molecule has 3 N–H and O–H groups in total. The van der Waals surface area contributed by atoms with Crippen LogP contribution in [0.1, 0.15) is 48.9 Å². The van der Waals surface area contributed by atoms with Gasteiger partial charge in [0.05, 0.1) is 17.9 Å². The van der Waals surface area contributed by atoms with Crippen LogP contribution in [0.15, 0.2) is 42.7 Å². The van der Waals surface area contributed by atoms with Crippen molar-refractivity contribution in [2.45, 2.75) is 39.2 Å². The molecular weight excluding hydrogens is 302 g/mol. The summed E-state index contributed by atoms with van der Waals surface area (Å²) in [5.41, 5.74) is 3.84. The second kappa shape index (κ2) is 8.45. The summed E-state index contributed by atoms with van der Waals surface area (Å²) in [6.45, 7) is 6.20. The number of nitrogens with zero attached hydrogens (tertiary/aromatic N) is 1. The average Bonchev–Trinajstić information content (AvgIpc) is 2.54. The maximum absolute atomic E-state index is 12.2. The third kappa shape index (κ3) is 5.06. The quantitative estimate of drug-likeness (QED) is 0.756. The number of amides is 2. The molecule has 2 amide bonds. The van der Waals surface area contributed by atoms with Crippen molar-refractivity contribution >= 4 is 11.7 Å². The molecule has 0 aliphatic carbocycles. The molecule has 0 aliphatic heterocycles. The van der Waals surface area contributed by atoms with E-state index in [0.717, 1.165) is 11.1 Å². The van der Waals surface area contributed by atoms with Crippen LogP contribution in [0.2, 0.25) is 0 Å². The molecule has 0 aliphatic rings. The minimum Gasteiger partial charge on any atom is -0.396 e. The van der Waals surface area contributed by atoms with Gasteiger partial charge < -0.3 is 15.7 Å². The number of aliphatic hydroxyl groups excluding tert-OH is 1. The number of hydrogen-bond donors (Lipinski definition) is 3. The first-order chi connectivity index (χ1) is 11.5. The Labute approximate surface area is 143 Å². The van der Waals surface area contributed by atoms with Gasteiger partial charge in [-0.1, -0.05) is 38.1 Å². The highest BCUT2D eigenvalue weighted by Gasteiger charge is 2.15. The Kier molecular flexibility index (Phi) is 6.32. The van der Waals surface area contributed by atoms with E-state index in [9.17, 15) is 9.90 Å². The van der Waals surface area contributed by atoms with Crippen molar-refractivity contribution in [2.75, 3.05) is 11.9 Å². The number of aliphatic hydroxyl groups is 1. The number of benzene rings is 1. The Balaban J connectivity index is 2.05. The number of hydrogen-bond acceptors (Lipinski definition) is 3. The van der Waals surface area contributed by atoms with E-state index in [1.807, 2.05) is 25.1 Å². The van der Waals surface area contributed by atoms with Crippen LogP contribution in [-0.4, -0.2) is 22.7 Å². The maximum Gasteiger partial charge on any atom is 0.319 e. The summed E-state index contributed by atoms with van der Waals surface area (Å²) in [6, 6.07) is 9.44. The number of carbonyl (C=O) groups excluding carboxylic acids is 1. The molecule has 1 unspecified atom stereocenters. The van der Waals surface area contributed by atoms with Gasteiger partial charge in [0, 0.05) is 12.8 Å². The van der Waals surface area contributed by atoms with E-state index in [1.165, 1.54) is 5.56 Å². The number of rotatable bonds is 6. The van der Waals surface area contributed by atoms with Crippen LogP contribution in [0.25, 0.3) is 0 Å². The van der Waals surface area contributed by atoms with Crippen molar-refractivity contribution in [1.82, 2.24) is 10.3 Å². The second-order valence-electron chi connectivity index (χ2n) is 6.24. The van der Waals surface area contributed by atoms with E-state index in [4.69, 9.17) is 0 Å². The standard InChI is InChI=1S/C19H25N3O2/c1-13(2)15-4-6-16(7-5-15)18(8-9-23)22-19(24)21-17-10-14(3)11-20-12-17/h4-7,10-13,18,23H,8-9H2,1-3H3,(H2,21,22,24). The summed E-state index contributed by atoms with van der Waals surface area (Å²) in [6.07, 6.45) is 3.79. The van der Waals surface area contributed by atoms with E-state index < -0.39 is 0 Å². The minimum atomic E-state index is -0.311. The predicted octanol–water partition coefficient (Wildman–Crippen LogP) is 3.76. The van der Waals surface area contributed by atoms with E-state index in [1.54, 1.807) is 12.4 Å². The lowest BCUT2D eigenvalue weighted by atomic mass is 9.98. The van der Waals surface area contributed by atoms with Crippen molar-refractivity contribution in [3.63, 3.8) is 0 Å². The Morgan fingerprint density at radius 1 is 1.17 bits per heavy atom. The zero-order valence-corrected chi connectivity index (χ0v) is 14.4. The lowest BCUT2D eigenvalue weighted by molar-refractivity contribution is 0.239. The molecule has 1 atom stereocenters. The van der Waals surface area contributed by atoms with Crippen LogP contribution in [0, 0.1) is 6.92 Å². The molecule has 0 fully saturated rings. The van der Waals surface area contributed by atoms with Crippen LogP contribution >= 0.6 is 0 Å². The van der Waals surface area contributed by atoms with Crippen molar-refractivity contribution in [3.05, 3.63) is 59.4 Å². The molecule has 5 nitrogen and oxygen atoms in total. The summed E-state index contributed by atoms with van der Waals surface area (Å²) in [7, 11) is 0. The van der Waals surface area contributed by atoms with E-state index in [-0.39, 0.29) is 18.7 Å². The molecule has 5 heteroatoms. The van der Waals surface area contributed by atoms with Crippen LogP contribution in [0.5, 0.6) is 0 Å². The number of nitrogens with one attached hydrogen (secondary N) is 2. The Bertz CT molecular complexity index is 669. The predicted molar refractivity (Wildman–Crippen MR) is 96.1 cm³/mol. The summed E-state index contributed by atoms with van der Waals surface area (Å²) in [4.78, 5) is 16.3. The van der Waals surface area contributed by atoms with Gasteiger partial charge >= 0.3 is 6.03 Å². The number of pyridine rings is 1. The highest BCUT2D eigenvalue weighted by molar-refractivity contribution is 5.89. The summed E-state index contributed by atoms with van der Waals surface area (Å²) in [5, 5.41) is 15.0. The van der Waals surface area contributed by atoms with Gasteiger partial charge in [-0.2, -0.15) is 0 Å². The van der Waals surface area contributed by atoms with E-state index in [0.29, 0.717) is 18.0 Å². The van der Waals surface area contributed by atoms with Gasteiger partial charge in [-0.25, -0.2) is 4.79 Å². The zero-order valence-electron chi connectivity index (χ0n) is 14.4. The van der Waals surface area contributed by atoms with Gasteiger partial charge in [-0.15, -0.1) is 0 Å². The molecule has 0 bridgehead atoms. The average molecular weight is 327 g/mol. The molecule has 24 heavy (non-hydrogen) atoms. The molecule has 128 valence electrons. The molecule has 1 aromatic carbocycles. The third-order valence-electron chi connectivity index (χ3n) is 3.86. The third-order valence-corrected chi connectivity index (χ3v) is 3.86. The smallest absolute Gasteiger partial charge is 0.319 e. The van der Waals surface area contributed by atoms with E-state index in [2.05, 4.69) is 41.6 Å². The lowest BCUT2D eigenvalue weighted by Gasteiger charge is -2.19. The Hall–Kier alpha value is -2.40. The molecule has 1 aromatic heterocycles. The molecule has 0 spiro atoms. The van der Waals surface area contributed by atoms with E-state index >= 15 is 0 Å². The Morgan fingerprint density at radius 2 is 1.83 bits per heavy atom. The van der Waals surface area contributed by atoms with Gasteiger partial charge in [0.1, 0.15) is 0 Å². The fourth-order valence-corrected chi connectivity index (χ4v) is 2.51. The topological polar surface area (TPSA) is 74.2 Å². The molecular formula is C19H25N3O2. The van der Waals surface area contributed by atoms with Crippen molar-refractivity contribution in [3.8, 4) is 0 Å². The van der Waals surface area contributed by atoms with Gasteiger partial charge in [0.15, 0.2) is 0 Å². The van der Waals surface area contributed by atoms with Gasteiger partial charge in [0.25, 0.3) is 0 Å². The molecule has 0 saturated carbocycles. The second-order valence-corrected chi connectivity index (χ2v) is 6.24. The first-order valence-corrected chi connectivity index (χ1v) is 8.19. The number of anilines is 1. The number of urea groups is 1. The molecule has 1 heterocycles. The van der Waals surface area contributed by atoms with Crippen molar-refractivity contribution in [2.24, 2.45) is 0 Å². The van der Waals surface area contributed by atoms with Crippen LogP contribution in [0.4, 0.5) is 10.5 Å². The van der Waals surface area contributed by atoms with Gasteiger partial charge in [0.2, 0.25) is 0 Å². The van der Waals surface area contributed by atoms with Crippen LogP contribution in [-0.2, 0) is 0 Å². The molecule has 2 aromatic rings. The Morgan fingerprint density at radius 3 is 2.42 bits per heavy atom. The van der Waals surface area contributed by atoms with Crippen LogP contribution < -0.4 is 10.6 Å². The first-order valence-electron chi connectivity index (χ1n) is 8.19. The number of aromatic nitrogens is 1. The summed E-state index contributed by atoms with van der Waals surface area (Å²) < 4.78 is 0. The highest BCUT2D eigenvalue weighted by atomic mass is 16.3. The lowest BCUT2D eigenvalue weighted by Crippen LogP contribution is -2.33. The zero-order chi connectivity index (χ0) is 17.5. The fourth-order valence-electron chi connectivity index (χ4n) is 2.51. The fraction of sp³-hybridized carbons (Fsp3) is 0.368. The van der Waals surface area contributed by atoms with Crippen molar-refractivity contribution < 1.29 is 9.90 Å². The number of aryl methyl sites for hydroxylation is 1.